The molecule has 5 heteroatoms. The number of rotatable bonds is 6. The standard InChI is InChI=1S/C12H14ClFN2O/c1-2-5-15-8-12(17)16-7-9-3-4-11(14)10(13)6-9/h2-4,6,15H,1,5,7-8H2,(H,16,17). The Kier molecular flexibility index (Phi) is 5.66. The Labute approximate surface area is 105 Å². The van der Waals surface area contributed by atoms with E-state index in [1.807, 2.05) is 0 Å². The van der Waals surface area contributed by atoms with E-state index in [9.17, 15) is 9.18 Å². The fourth-order valence-corrected chi connectivity index (χ4v) is 1.40. The lowest BCUT2D eigenvalue weighted by Gasteiger charge is -2.06. The summed E-state index contributed by atoms with van der Waals surface area (Å²) in [6.07, 6.45) is 1.67. The molecule has 0 aliphatic carbocycles. The summed E-state index contributed by atoms with van der Waals surface area (Å²) in [5.74, 6) is -0.596. The maximum atomic E-state index is 12.9. The Hall–Kier alpha value is -1.39. The van der Waals surface area contributed by atoms with Crippen LogP contribution in [-0.4, -0.2) is 19.0 Å². The second-order valence-corrected chi connectivity index (χ2v) is 3.85. The summed E-state index contributed by atoms with van der Waals surface area (Å²) in [5, 5.41) is 5.62. The van der Waals surface area contributed by atoms with Crippen molar-refractivity contribution in [2.24, 2.45) is 0 Å². The van der Waals surface area contributed by atoms with Gasteiger partial charge in [0.25, 0.3) is 0 Å². The summed E-state index contributed by atoms with van der Waals surface area (Å²) >= 11 is 5.62. The van der Waals surface area contributed by atoms with Crippen LogP contribution in [0.5, 0.6) is 0 Å². The molecule has 0 bridgehead atoms. The number of carbonyl (C=O) groups is 1. The predicted molar refractivity (Wildman–Crippen MR) is 66.3 cm³/mol. The Morgan fingerprint density at radius 1 is 1.53 bits per heavy atom. The molecule has 2 N–H and O–H groups in total. The number of hydrogen-bond acceptors (Lipinski definition) is 2. The zero-order valence-electron chi connectivity index (χ0n) is 9.30. The second kappa shape index (κ2) is 7.04. The zero-order valence-corrected chi connectivity index (χ0v) is 10.1. The van der Waals surface area contributed by atoms with Gasteiger partial charge in [0.05, 0.1) is 11.6 Å². The average molecular weight is 257 g/mol. The third-order valence-corrected chi connectivity index (χ3v) is 2.34. The van der Waals surface area contributed by atoms with Crippen LogP contribution in [-0.2, 0) is 11.3 Å². The third-order valence-electron chi connectivity index (χ3n) is 2.05. The normalized spacial score (nSPS) is 10.0. The van der Waals surface area contributed by atoms with E-state index in [2.05, 4.69) is 17.2 Å². The van der Waals surface area contributed by atoms with Crippen LogP contribution in [0, 0.1) is 5.82 Å². The fraction of sp³-hybridized carbons (Fsp3) is 0.250. The summed E-state index contributed by atoms with van der Waals surface area (Å²) in [4.78, 5) is 11.3. The highest BCUT2D eigenvalue weighted by Crippen LogP contribution is 2.15. The van der Waals surface area contributed by atoms with Gasteiger partial charge in [0, 0.05) is 13.1 Å². The highest BCUT2D eigenvalue weighted by molar-refractivity contribution is 6.30. The Morgan fingerprint density at radius 2 is 2.29 bits per heavy atom. The largest absolute Gasteiger partial charge is 0.351 e. The average Bonchev–Trinajstić information content (AvgIpc) is 2.31. The summed E-state index contributed by atoms with van der Waals surface area (Å²) < 4.78 is 12.9. The molecule has 17 heavy (non-hydrogen) atoms. The molecule has 0 unspecified atom stereocenters. The van der Waals surface area contributed by atoms with Crippen molar-refractivity contribution in [3.05, 3.63) is 47.3 Å². The number of benzene rings is 1. The van der Waals surface area contributed by atoms with Gasteiger partial charge in [-0.2, -0.15) is 0 Å². The van der Waals surface area contributed by atoms with Crippen LogP contribution in [0.1, 0.15) is 5.56 Å². The maximum absolute atomic E-state index is 12.9. The molecule has 0 spiro atoms. The van der Waals surface area contributed by atoms with Crippen LogP contribution >= 0.6 is 11.6 Å². The topological polar surface area (TPSA) is 41.1 Å². The molecule has 3 nitrogen and oxygen atoms in total. The van der Waals surface area contributed by atoms with Gasteiger partial charge in [0.2, 0.25) is 5.91 Å². The number of amides is 1. The van der Waals surface area contributed by atoms with E-state index in [4.69, 9.17) is 11.6 Å². The van der Waals surface area contributed by atoms with Crippen molar-refractivity contribution >= 4 is 17.5 Å². The van der Waals surface area contributed by atoms with Crippen molar-refractivity contribution < 1.29 is 9.18 Å². The van der Waals surface area contributed by atoms with Gasteiger partial charge in [-0.1, -0.05) is 23.7 Å². The first kappa shape index (κ1) is 13.7. The lowest BCUT2D eigenvalue weighted by molar-refractivity contribution is -0.120. The van der Waals surface area contributed by atoms with Gasteiger partial charge in [-0.3, -0.25) is 4.79 Å². The molecule has 0 saturated carbocycles. The quantitative estimate of drug-likeness (QED) is 0.603. The molecule has 0 saturated heterocycles. The van der Waals surface area contributed by atoms with Crippen molar-refractivity contribution in [3.8, 4) is 0 Å². The Morgan fingerprint density at radius 3 is 2.94 bits per heavy atom. The molecule has 0 fully saturated rings. The first-order valence-corrected chi connectivity index (χ1v) is 5.53. The molecular formula is C12H14ClFN2O. The summed E-state index contributed by atoms with van der Waals surface area (Å²) in [7, 11) is 0. The van der Waals surface area contributed by atoms with Gasteiger partial charge in [-0.25, -0.2) is 4.39 Å². The fourth-order valence-electron chi connectivity index (χ4n) is 1.20. The van der Waals surface area contributed by atoms with E-state index in [0.29, 0.717) is 13.1 Å². The molecule has 92 valence electrons. The Balaban J connectivity index is 2.36. The van der Waals surface area contributed by atoms with E-state index in [0.717, 1.165) is 5.56 Å². The summed E-state index contributed by atoms with van der Waals surface area (Å²) in [6.45, 7) is 4.65. The van der Waals surface area contributed by atoms with Crippen LogP contribution in [0.4, 0.5) is 4.39 Å². The highest BCUT2D eigenvalue weighted by atomic mass is 35.5. The van der Waals surface area contributed by atoms with Gasteiger partial charge in [-0.15, -0.1) is 6.58 Å². The molecule has 0 aliphatic heterocycles. The molecular weight excluding hydrogens is 243 g/mol. The SMILES string of the molecule is C=CCNCC(=O)NCc1ccc(F)c(Cl)c1. The van der Waals surface area contributed by atoms with E-state index in [1.165, 1.54) is 12.1 Å². The number of nitrogens with one attached hydrogen (secondary N) is 2. The van der Waals surface area contributed by atoms with Gasteiger partial charge < -0.3 is 10.6 Å². The van der Waals surface area contributed by atoms with E-state index in [1.54, 1.807) is 12.1 Å². The van der Waals surface area contributed by atoms with Crippen LogP contribution in [0.15, 0.2) is 30.9 Å². The minimum absolute atomic E-state index is 0.0570. The lowest BCUT2D eigenvalue weighted by atomic mass is 10.2. The predicted octanol–water partition coefficient (Wildman–Crippen LogP) is 1.87. The smallest absolute Gasteiger partial charge is 0.234 e. The molecule has 1 aromatic carbocycles. The molecule has 1 aromatic rings. The molecule has 0 atom stereocenters. The monoisotopic (exact) mass is 256 g/mol. The molecule has 1 rings (SSSR count). The number of halogens is 2. The van der Waals surface area contributed by atoms with Crippen molar-refractivity contribution in [2.75, 3.05) is 13.1 Å². The summed E-state index contributed by atoms with van der Waals surface area (Å²) in [5.41, 5.74) is 0.758. The maximum Gasteiger partial charge on any atom is 0.234 e. The van der Waals surface area contributed by atoms with Crippen molar-refractivity contribution in [1.82, 2.24) is 10.6 Å². The highest BCUT2D eigenvalue weighted by Gasteiger charge is 2.03. The molecule has 0 heterocycles. The van der Waals surface area contributed by atoms with Gasteiger partial charge in [-0.05, 0) is 17.7 Å². The van der Waals surface area contributed by atoms with E-state index >= 15 is 0 Å². The van der Waals surface area contributed by atoms with Gasteiger partial charge in [0.15, 0.2) is 0 Å². The summed E-state index contributed by atoms with van der Waals surface area (Å²) in [6, 6.07) is 4.35. The van der Waals surface area contributed by atoms with Crippen molar-refractivity contribution in [3.63, 3.8) is 0 Å². The third kappa shape index (κ3) is 4.97. The molecule has 0 radical (unpaired) electrons. The minimum Gasteiger partial charge on any atom is -0.351 e. The van der Waals surface area contributed by atoms with Crippen molar-refractivity contribution in [1.29, 1.82) is 0 Å². The van der Waals surface area contributed by atoms with E-state index in [-0.39, 0.29) is 17.5 Å². The zero-order chi connectivity index (χ0) is 12.7. The number of carbonyl (C=O) groups excluding carboxylic acids is 1. The van der Waals surface area contributed by atoms with Gasteiger partial charge in [0.1, 0.15) is 5.82 Å². The second-order valence-electron chi connectivity index (χ2n) is 3.44. The lowest BCUT2D eigenvalue weighted by Crippen LogP contribution is -2.33. The van der Waals surface area contributed by atoms with Crippen LogP contribution in [0.25, 0.3) is 0 Å². The van der Waals surface area contributed by atoms with Crippen LogP contribution in [0.3, 0.4) is 0 Å². The minimum atomic E-state index is -0.464. The van der Waals surface area contributed by atoms with E-state index < -0.39 is 5.82 Å². The van der Waals surface area contributed by atoms with Crippen molar-refractivity contribution in [2.45, 2.75) is 6.54 Å². The van der Waals surface area contributed by atoms with Gasteiger partial charge >= 0.3 is 0 Å². The molecule has 1 amide bonds. The Bertz CT molecular complexity index is 409. The first-order chi connectivity index (χ1) is 8.13. The molecule has 0 aliphatic rings. The number of hydrogen-bond donors (Lipinski definition) is 2. The van der Waals surface area contributed by atoms with Crippen LogP contribution < -0.4 is 10.6 Å². The first-order valence-electron chi connectivity index (χ1n) is 5.15. The molecule has 0 aromatic heterocycles. The van der Waals surface area contributed by atoms with Crippen LogP contribution in [0.2, 0.25) is 5.02 Å².